The molecule has 0 aliphatic heterocycles. The third-order valence-corrected chi connectivity index (χ3v) is 2.23. The molecule has 2 N–H and O–H groups in total. The van der Waals surface area contributed by atoms with Crippen molar-refractivity contribution in [3.05, 3.63) is 34.3 Å². The van der Waals surface area contributed by atoms with Gasteiger partial charge in [-0.2, -0.15) is 0 Å². The lowest BCUT2D eigenvalue weighted by Gasteiger charge is -2.03. The minimum atomic E-state index is 0.519. The zero-order chi connectivity index (χ0) is 8.97. The van der Waals surface area contributed by atoms with E-state index in [0.29, 0.717) is 6.54 Å². The summed E-state index contributed by atoms with van der Waals surface area (Å²) in [6, 6.07) is 6.11. The van der Waals surface area contributed by atoms with Crippen molar-refractivity contribution >= 4 is 11.6 Å². The highest BCUT2D eigenvalue weighted by atomic mass is 35.5. The summed E-state index contributed by atoms with van der Waals surface area (Å²) in [7, 11) is 0. The predicted octanol–water partition coefficient (Wildman–Crippen LogP) is 2.75. The molecule has 0 saturated carbocycles. The molecule has 2 heteroatoms. The first-order valence-corrected chi connectivity index (χ1v) is 4.63. The molecule has 1 aromatic rings. The van der Waals surface area contributed by atoms with Gasteiger partial charge in [0.2, 0.25) is 0 Å². The molecule has 1 aromatic carbocycles. The van der Waals surface area contributed by atoms with Crippen molar-refractivity contribution in [1.82, 2.24) is 0 Å². The van der Waals surface area contributed by atoms with Crippen LogP contribution in [-0.2, 0) is 13.0 Å². The quantitative estimate of drug-likeness (QED) is 0.767. The highest BCUT2D eigenvalue weighted by molar-refractivity contribution is 6.31. The molecule has 1 nitrogen and oxygen atoms in total. The van der Waals surface area contributed by atoms with Crippen LogP contribution in [0, 0.1) is 0 Å². The van der Waals surface area contributed by atoms with E-state index < -0.39 is 0 Å². The normalized spacial score (nSPS) is 10.2. The Balaban J connectivity index is 2.86. The van der Waals surface area contributed by atoms with Crippen LogP contribution >= 0.6 is 11.6 Å². The Kier molecular flexibility index (Phi) is 3.57. The van der Waals surface area contributed by atoms with E-state index in [0.717, 1.165) is 23.4 Å². The van der Waals surface area contributed by atoms with Gasteiger partial charge in [0.15, 0.2) is 0 Å². The van der Waals surface area contributed by atoms with E-state index in [-0.39, 0.29) is 0 Å². The zero-order valence-electron chi connectivity index (χ0n) is 7.31. The summed E-state index contributed by atoms with van der Waals surface area (Å²) in [6.45, 7) is 2.68. The first kappa shape index (κ1) is 9.56. The predicted molar refractivity (Wildman–Crippen MR) is 53.3 cm³/mol. The molecule has 66 valence electrons. The van der Waals surface area contributed by atoms with Gasteiger partial charge in [0.05, 0.1) is 0 Å². The molecule has 0 saturated heterocycles. The van der Waals surface area contributed by atoms with Gasteiger partial charge < -0.3 is 5.73 Å². The standard InChI is InChI=1S/C10H14ClN/c1-2-3-8-4-5-9(7-12)10(11)6-8/h4-6H,2-3,7,12H2,1H3. The molecule has 0 unspecified atom stereocenters. The Hall–Kier alpha value is -0.530. The van der Waals surface area contributed by atoms with Crippen molar-refractivity contribution in [2.45, 2.75) is 26.3 Å². The van der Waals surface area contributed by atoms with Crippen molar-refractivity contribution in [2.75, 3.05) is 0 Å². The Morgan fingerprint density at radius 2 is 2.17 bits per heavy atom. The number of halogens is 1. The zero-order valence-corrected chi connectivity index (χ0v) is 8.06. The molecule has 12 heavy (non-hydrogen) atoms. The third kappa shape index (κ3) is 2.23. The van der Waals surface area contributed by atoms with Crippen LogP contribution in [0.4, 0.5) is 0 Å². The van der Waals surface area contributed by atoms with E-state index in [1.165, 1.54) is 5.56 Å². The fourth-order valence-corrected chi connectivity index (χ4v) is 1.48. The summed E-state index contributed by atoms with van der Waals surface area (Å²) in [5, 5.41) is 0.795. The van der Waals surface area contributed by atoms with Crippen molar-refractivity contribution in [1.29, 1.82) is 0 Å². The van der Waals surface area contributed by atoms with E-state index in [4.69, 9.17) is 17.3 Å². The van der Waals surface area contributed by atoms with Gasteiger partial charge in [0.1, 0.15) is 0 Å². The molecule has 0 bridgehead atoms. The maximum atomic E-state index is 5.99. The number of aryl methyl sites for hydroxylation is 1. The SMILES string of the molecule is CCCc1ccc(CN)c(Cl)c1. The highest BCUT2D eigenvalue weighted by Crippen LogP contribution is 2.18. The summed E-state index contributed by atoms with van der Waals surface area (Å²) >= 11 is 5.99. The lowest BCUT2D eigenvalue weighted by molar-refractivity contribution is 0.919. The van der Waals surface area contributed by atoms with Gasteiger partial charge in [0.25, 0.3) is 0 Å². The summed E-state index contributed by atoms with van der Waals surface area (Å²) in [6.07, 6.45) is 2.24. The van der Waals surface area contributed by atoms with E-state index in [1.807, 2.05) is 12.1 Å². The second kappa shape index (κ2) is 4.48. The molecule has 0 atom stereocenters. The van der Waals surface area contributed by atoms with Gasteiger partial charge in [-0.25, -0.2) is 0 Å². The van der Waals surface area contributed by atoms with E-state index >= 15 is 0 Å². The molecule has 0 spiro atoms. The average Bonchev–Trinajstić information content (AvgIpc) is 2.05. The van der Waals surface area contributed by atoms with Crippen LogP contribution in [0.3, 0.4) is 0 Å². The number of benzene rings is 1. The molecule has 1 rings (SSSR count). The Morgan fingerprint density at radius 3 is 2.67 bits per heavy atom. The van der Waals surface area contributed by atoms with Gasteiger partial charge in [-0.3, -0.25) is 0 Å². The largest absolute Gasteiger partial charge is 0.326 e. The minimum absolute atomic E-state index is 0.519. The first-order valence-electron chi connectivity index (χ1n) is 4.25. The van der Waals surface area contributed by atoms with Gasteiger partial charge >= 0.3 is 0 Å². The molecule has 0 aliphatic carbocycles. The highest BCUT2D eigenvalue weighted by Gasteiger charge is 1.98. The van der Waals surface area contributed by atoms with Crippen molar-refractivity contribution < 1.29 is 0 Å². The van der Waals surface area contributed by atoms with E-state index in [9.17, 15) is 0 Å². The van der Waals surface area contributed by atoms with Crippen LogP contribution in [0.25, 0.3) is 0 Å². The van der Waals surface area contributed by atoms with Crippen LogP contribution in [-0.4, -0.2) is 0 Å². The lowest BCUT2D eigenvalue weighted by Crippen LogP contribution is -1.97. The molecular formula is C10H14ClN. The summed E-state index contributed by atoms with van der Waals surface area (Å²) in [5.74, 6) is 0. The van der Waals surface area contributed by atoms with Gasteiger partial charge in [0, 0.05) is 11.6 Å². The maximum absolute atomic E-state index is 5.99. The molecular weight excluding hydrogens is 170 g/mol. The first-order chi connectivity index (χ1) is 5.77. The lowest BCUT2D eigenvalue weighted by atomic mass is 10.1. The second-order valence-corrected chi connectivity index (χ2v) is 3.29. The molecule has 0 fully saturated rings. The molecule has 0 aromatic heterocycles. The van der Waals surface area contributed by atoms with Gasteiger partial charge in [-0.1, -0.05) is 37.1 Å². The van der Waals surface area contributed by atoms with Crippen LogP contribution < -0.4 is 5.73 Å². The Labute approximate surface area is 78.5 Å². The van der Waals surface area contributed by atoms with Gasteiger partial charge in [-0.15, -0.1) is 0 Å². The van der Waals surface area contributed by atoms with E-state index in [2.05, 4.69) is 13.0 Å². The maximum Gasteiger partial charge on any atom is 0.0453 e. The molecule has 0 radical (unpaired) electrons. The third-order valence-electron chi connectivity index (χ3n) is 1.88. The molecule has 0 heterocycles. The number of rotatable bonds is 3. The van der Waals surface area contributed by atoms with Crippen molar-refractivity contribution in [3.8, 4) is 0 Å². The van der Waals surface area contributed by atoms with Crippen LogP contribution in [0.2, 0.25) is 5.02 Å². The monoisotopic (exact) mass is 183 g/mol. The topological polar surface area (TPSA) is 26.0 Å². The smallest absolute Gasteiger partial charge is 0.0453 e. The Bertz CT molecular complexity index is 258. The molecule has 0 aliphatic rings. The number of nitrogens with two attached hydrogens (primary N) is 1. The number of hydrogen-bond acceptors (Lipinski definition) is 1. The van der Waals surface area contributed by atoms with E-state index in [1.54, 1.807) is 0 Å². The number of hydrogen-bond donors (Lipinski definition) is 1. The van der Waals surface area contributed by atoms with Crippen LogP contribution in [0.1, 0.15) is 24.5 Å². The second-order valence-electron chi connectivity index (χ2n) is 2.88. The Morgan fingerprint density at radius 1 is 1.42 bits per heavy atom. The fraction of sp³-hybridized carbons (Fsp3) is 0.400. The minimum Gasteiger partial charge on any atom is -0.326 e. The summed E-state index contributed by atoms with van der Waals surface area (Å²) in [5.41, 5.74) is 7.81. The molecule has 0 amide bonds. The van der Waals surface area contributed by atoms with Crippen LogP contribution in [0.15, 0.2) is 18.2 Å². The van der Waals surface area contributed by atoms with Crippen LogP contribution in [0.5, 0.6) is 0 Å². The van der Waals surface area contributed by atoms with Gasteiger partial charge in [-0.05, 0) is 23.6 Å². The van der Waals surface area contributed by atoms with Crippen molar-refractivity contribution in [3.63, 3.8) is 0 Å². The fourth-order valence-electron chi connectivity index (χ4n) is 1.20. The van der Waals surface area contributed by atoms with Crippen molar-refractivity contribution in [2.24, 2.45) is 5.73 Å². The average molecular weight is 184 g/mol. The summed E-state index contributed by atoms with van der Waals surface area (Å²) in [4.78, 5) is 0. The summed E-state index contributed by atoms with van der Waals surface area (Å²) < 4.78 is 0.